The number of nitrogens with zero attached hydrogens (tertiary/aromatic N) is 1. The van der Waals surface area contributed by atoms with E-state index in [-0.39, 0.29) is 18.6 Å². The van der Waals surface area contributed by atoms with Crippen LogP contribution in [0, 0.1) is 13.8 Å². The van der Waals surface area contributed by atoms with Gasteiger partial charge in [0.2, 0.25) is 0 Å². The first-order chi connectivity index (χ1) is 12.1. The summed E-state index contributed by atoms with van der Waals surface area (Å²) in [5.41, 5.74) is 3.40. The van der Waals surface area contributed by atoms with E-state index in [1.54, 1.807) is 7.11 Å². The van der Waals surface area contributed by atoms with E-state index >= 15 is 0 Å². The molecule has 25 heavy (non-hydrogen) atoms. The molecule has 1 atom stereocenters. The number of rotatable bonds is 5. The summed E-state index contributed by atoms with van der Waals surface area (Å²) in [4.78, 5) is 14.6. The second-order valence-electron chi connectivity index (χ2n) is 6.58. The average molecular weight is 339 g/mol. The second-order valence-corrected chi connectivity index (χ2v) is 6.58. The Kier molecular flexibility index (Phi) is 5.27. The lowest BCUT2D eigenvalue weighted by Gasteiger charge is -2.25. The first kappa shape index (κ1) is 17.3. The number of hydrogen-bond donors (Lipinski definition) is 0. The molecule has 0 spiro atoms. The Bertz CT molecular complexity index is 739. The maximum Gasteiger partial charge on any atom is 0.261 e. The zero-order chi connectivity index (χ0) is 17.8. The van der Waals surface area contributed by atoms with E-state index in [4.69, 9.17) is 9.47 Å². The summed E-state index contributed by atoms with van der Waals surface area (Å²) in [6.07, 6.45) is 2.01. The fourth-order valence-corrected chi connectivity index (χ4v) is 3.42. The topological polar surface area (TPSA) is 38.8 Å². The molecule has 0 bridgehead atoms. The number of carbonyl (C=O) groups is 1. The van der Waals surface area contributed by atoms with Gasteiger partial charge in [-0.15, -0.1) is 0 Å². The van der Waals surface area contributed by atoms with E-state index in [9.17, 15) is 4.79 Å². The Labute approximate surface area is 149 Å². The highest BCUT2D eigenvalue weighted by Gasteiger charge is 2.30. The van der Waals surface area contributed by atoms with Gasteiger partial charge in [0.1, 0.15) is 11.5 Å². The van der Waals surface area contributed by atoms with Gasteiger partial charge in [-0.2, -0.15) is 0 Å². The number of methoxy groups -OCH3 is 1. The van der Waals surface area contributed by atoms with Crippen LogP contribution in [0.5, 0.6) is 11.5 Å². The molecule has 132 valence electrons. The summed E-state index contributed by atoms with van der Waals surface area (Å²) in [6, 6.07) is 14.1. The molecule has 0 radical (unpaired) electrons. The molecule has 1 aliphatic heterocycles. The van der Waals surface area contributed by atoms with Crippen LogP contribution in [0.1, 0.15) is 35.6 Å². The van der Waals surface area contributed by atoms with Gasteiger partial charge in [0.25, 0.3) is 5.91 Å². The molecule has 1 amide bonds. The van der Waals surface area contributed by atoms with Crippen molar-refractivity contribution in [1.29, 1.82) is 0 Å². The molecule has 1 fully saturated rings. The van der Waals surface area contributed by atoms with Crippen LogP contribution in [0.25, 0.3) is 0 Å². The fraction of sp³-hybridized carbons (Fsp3) is 0.381. The minimum Gasteiger partial charge on any atom is -0.497 e. The van der Waals surface area contributed by atoms with Crippen molar-refractivity contribution in [1.82, 2.24) is 4.90 Å². The number of ether oxygens (including phenoxy) is 2. The van der Waals surface area contributed by atoms with Crippen molar-refractivity contribution in [2.75, 3.05) is 20.3 Å². The van der Waals surface area contributed by atoms with E-state index in [1.807, 2.05) is 55.1 Å². The van der Waals surface area contributed by atoms with Crippen LogP contribution >= 0.6 is 0 Å². The number of carbonyl (C=O) groups excluding carboxylic acids is 1. The number of aryl methyl sites for hydroxylation is 2. The van der Waals surface area contributed by atoms with Crippen molar-refractivity contribution in [3.8, 4) is 11.5 Å². The van der Waals surface area contributed by atoms with Gasteiger partial charge in [-0.25, -0.2) is 0 Å². The van der Waals surface area contributed by atoms with E-state index in [1.165, 1.54) is 5.56 Å². The largest absolute Gasteiger partial charge is 0.497 e. The monoisotopic (exact) mass is 339 g/mol. The van der Waals surface area contributed by atoms with Crippen LogP contribution in [-0.2, 0) is 4.79 Å². The minimum absolute atomic E-state index is 0.0401. The van der Waals surface area contributed by atoms with E-state index in [2.05, 4.69) is 6.07 Å². The third-order valence-electron chi connectivity index (χ3n) is 4.76. The molecule has 1 saturated heterocycles. The van der Waals surface area contributed by atoms with Crippen LogP contribution in [0.15, 0.2) is 42.5 Å². The molecule has 0 aliphatic carbocycles. The Morgan fingerprint density at radius 1 is 1.16 bits per heavy atom. The van der Waals surface area contributed by atoms with Gasteiger partial charge < -0.3 is 14.4 Å². The van der Waals surface area contributed by atoms with Crippen molar-refractivity contribution in [3.05, 3.63) is 59.2 Å². The lowest BCUT2D eigenvalue weighted by atomic mass is 10.0. The summed E-state index contributed by atoms with van der Waals surface area (Å²) in [5.74, 6) is 1.65. The van der Waals surface area contributed by atoms with E-state index < -0.39 is 0 Å². The Hall–Kier alpha value is -2.49. The van der Waals surface area contributed by atoms with Gasteiger partial charge in [-0.1, -0.05) is 29.8 Å². The number of hydrogen-bond acceptors (Lipinski definition) is 3. The number of benzene rings is 2. The zero-order valence-electron chi connectivity index (χ0n) is 15.1. The van der Waals surface area contributed by atoms with Crippen LogP contribution < -0.4 is 9.47 Å². The van der Waals surface area contributed by atoms with Gasteiger partial charge in [-0.3, -0.25) is 4.79 Å². The van der Waals surface area contributed by atoms with Crippen molar-refractivity contribution in [2.45, 2.75) is 32.7 Å². The van der Waals surface area contributed by atoms with Gasteiger partial charge in [0, 0.05) is 6.54 Å². The molecular weight excluding hydrogens is 314 g/mol. The molecule has 0 unspecified atom stereocenters. The number of amides is 1. The average Bonchev–Trinajstić information content (AvgIpc) is 3.10. The fourth-order valence-electron chi connectivity index (χ4n) is 3.42. The molecule has 1 heterocycles. The molecule has 1 aliphatic rings. The Morgan fingerprint density at radius 3 is 2.60 bits per heavy atom. The summed E-state index contributed by atoms with van der Waals surface area (Å²) in [5, 5.41) is 0. The summed E-state index contributed by atoms with van der Waals surface area (Å²) in [7, 11) is 1.66. The SMILES string of the molecule is COc1ccc([C@@H]2CCCN2C(=O)COc2ccc(C)cc2C)cc1. The second kappa shape index (κ2) is 7.60. The quantitative estimate of drug-likeness (QED) is 0.825. The van der Waals surface area contributed by atoms with Crippen molar-refractivity contribution in [2.24, 2.45) is 0 Å². The van der Waals surface area contributed by atoms with Gasteiger partial charge in [-0.05, 0) is 56.0 Å². The van der Waals surface area contributed by atoms with Gasteiger partial charge in [0.15, 0.2) is 6.61 Å². The number of likely N-dealkylation sites (tertiary alicyclic amines) is 1. The van der Waals surface area contributed by atoms with Crippen LogP contribution in [0.3, 0.4) is 0 Å². The maximum absolute atomic E-state index is 12.7. The third kappa shape index (κ3) is 3.95. The highest BCUT2D eigenvalue weighted by Crippen LogP contribution is 2.33. The molecule has 3 rings (SSSR count). The predicted octanol–water partition coefficient (Wildman–Crippen LogP) is 4.05. The first-order valence-corrected chi connectivity index (χ1v) is 8.72. The molecule has 0 saturated carbocycles. The van der Waals surface area contributed by atoms with Crippen LogP contribution in [0.2, 0.25) is 0 Å². The van der Waals surface area contributed by atoms with Crippen molar-refractivity contribution in [3.63, 3.8) is 0 Å². The first-order valence-electron chi connectivity index (χ1n) is 8.72. The third-order valence-corrected chi connectivity index (χ3v) is 4.76. The molecular formula is C21H25NO3. The molecule has 2 aromatic carbocycles. The van der Waals surface area contributed by atoms with Crippen LogP contribution in [0.4, 0.5) is 0 Å². The standard InChI is InChI=1S/C21H25NO3/c1-15-6-11-20(16(2)13-15)25-14-21(23)22-12-4-5-19(22)17-7-9-18(24-3)10-8-17/h6-11,13,19H,4-5,12,14H2,1-3H3/t19-/m0/s1. The normalized spacial score (nSPS) is 16.8. The smallest absolute Gasteiger partial charge is 0.261 e. The summed E-state index contributed by atoms with van der Waals surface area (Å²) < 4.78 is 11.0. The predicted molar refractivity (Wildman–Crippen MR) is 98.1 cm³/mol. The molecule has 4 nitrogen and oxygen atoms in total. The lowest BCUT2D eigenvalue weighted by Crippen LogP contribution is -2.34. The van der Waals surface area contributed by atoms with Crippen molar-refractivity contribution >= 4 is 5.91 Å². The van der Waals surface area contributed by atoms with E-state index in [0.29, 0.717) is 0 Å². The minimum atomic E-state index is 0.0401. The molecule has 4 heteroatoms. The highest BCUT2D eigenvalue weighted by atomic mass is 16.5. The maximum atomic E-state index is 12.7. The molecule has 2 aromatic rings. The molecule has 0 N–H and O–H groups in total. The van der Waals surface area contributed by atoms with Crippen LogP contribution in [-0.4, -0.2) is 31.1 Å². The highest BCUT2D eigenvalue weighted by molar-refractivity contribution is 5.78. The summed E-state index contributed by atoms with van der Waals surface area (Å²) >= 11 is 0. The van der Waals surface area contributed by atoms with Gasteiger partial charge >= 0.3 is 0 Å². The Balaban J connectivity index is 1.65. The van der Waals surface area contributed by atoms with Gasteiger partial charge in [0.05, 0.1) is 13.2 Å². The van der Waals surface area contributed by atoms with E-state index in [0.717, 1.165) is 42.0 Å². The summed E-state index contributed by atoms with van der Waals surface area (Å²) in [6.45, 7) is 4.91. The lowest BCUT2D eigenvalue weighted by molar-refractivity contribution is -0.134. The molecule has 0 aromatic heterocycles. The van der Waals surface area contributed by atoms with Crippen molar-refractivity contribution < 1.29 is 14.3 Å². The Morgan fingerprint density at radius 2 is 1.92 bits per heavy atom. The zero-order valence-corrected chi connectivity index (χ0v) is 15.1.